The molecule has 0 unspecified atom stereocenters. The quantitative estimate of drug-likeness (QED) is 0.633. The van der Waals surface area contributed by atoms with Crippen LogP contribution in [0.3, 0.4) is 0 Å². The van der Waals surface area contributed by atoms with Gasteiger partial charge in [-0.15, -0.1) is 0 Å². The Balaban J connectivity index is 1.90. The normalized spacial score (nSPS) is 18.4. The molecule has 0 amide bonds. The molecule has 14 heavy (non-hydrogen) atoms. The Morgan fingerprint density at radius 2 is 1.93 bits per heavy atom. The van der Waals surface area contributed by atoms with Crippen molar-refractivity contribution >= 4 is 17.5 Å². The molecule has 1 rings (SSSR count). The van der Waals surface area contributed by atoms with E-state index in [4.69, 9.17) is 0 Å². The minimum absolute atomic E-state index is 0.315. The molecule has 82 valence electrons. The van der Waals surface area contributed by atoms with Gasteiger partial charge in [0.05, 0.1) is 0 Å². The second-order valence-electron chi connectivity index (χ2n) is 3.97. The molecule has 1 fully saturated rings. The highest BCUT2D eigenvalue weighted by molar-refractivity contribution is 7.99. The zero-order chi connectivity index (χ0) is 10.2. The van der Waals surface area contributed by atoms with Crippen molar-refractivity contribution in [3.63, 3.8) is 0 Å². The third-order valence-corrected chi connectivity index (χ3v) is 3.56. The fourth-order valence-corrected chi connectivity index (χ4v) is 2.72. The number of nitrogens with zero attached hydrogens (tertiary/aromatic N) is 1. The van der Waals surface area contributed by atoms with E-state index < -0.39 is 0 Å². The summed E-state index contributed by atoms with van der Waals surface area (Å²) in [6, 6.07) is 0. The second kappa shape index (κ2) is 7.30. The smallest absolute Gasteiger partial charge is 0.130 e. The number of likely N-dealkylation sites (tertiary alicyclic amines) is 1. The van der Waals surface area contributed by atoms with Crippen molar-refractivity contribution in [1.29, 1.82) is 0 Å². The number of thioether (sulfide) groups is 1. The first kappa shape index (κ1) is 12.1. The van der Waals surface area contributed by atoms with Crippen molar-refractivity contribution in [2.24, 2.45) is 0 Å². The number of ketones is 1. The predicted molar refractivity (Wildman–Crippen MR) is 62.9 cm³/mol. The molecule has 1 aliphatic heterocycles. The van der Waals surface area contributed by atoms with Gasteiger partial charge in [0.1, 0.15) is 5.78 Å². The molecule has 1 saturated heterocycles. The minimum Gasteiger partial charge on any atom is -0.303 e. The third kappa shape index (κ3) is 5.66. The molecule has 0 bridgehead atoms. The van der Waals surface area contributed by atoms with Gasteiger partial charge in [-0.25, -0.2) is 0 Å². The molecular formula is C11H21NOS. The summed E-state index contributed by atoms with van der Waals surface area (Å²) in [5, 5.41) is 0. The van der Waals surface area contributed by atoms with Crippen molar-refractivity contribution in [1.82, 2.24) is 4.90 Å². The van der Waals surface area contributed by atoms with E-state index in [1.807, 2.05) is 11.8 Å². The van der Waals surface area contributed by atoms with Crippen molar-refractivity contribution in [2.75, 3.05) is 31.1 Å². The van der Waals surface area contributed by atoms with E-state index in [1.165, 1.54) is 44.6 Å². The molecular weight excluding hydrogens is 194 g/mol. The molecule has 3 heteroatoms. The summed E-state index contributed by atoms with van der Waals surface area (Å²) >= 11 is 1.91. The average molecular weight is 215 g/mol. The minimum atomic E-state index is 0.315. The first-order chi connectivity index (χ1) is 6.79. The van der Waals surface area contributed by atoms with Crippen molar-refractivity contribution in [2.45, 2.75) is 32.6 Å². The highest BCUT2D eigenvalue weighted by Gasteiger charge is 2.08. The van der Waals surface area contributed by atoms with Crippen LogP contribution in [0.15, 0.2) is 0 Å². The number of hydrogen-bond donors (Lipinski definition) is 0. The molecule has 0 aliphatic carbocycles. The van der Waals surface area contributed by atoms with Gasteiger partial charge in [-0.2, -0.15) is 11.8 Å². The third-order valence-electron chi connectivity index (χ3n) is 2.60. The topological polar surface area (TPSA) is 20.3 Å². The number of hydrogen-bond acceptors (Lipinski definition) is 3. The van der Waals surface area contributed by atoms with Crippen LogP contribution in [0, 0.1) is 0 Å². The van der Waals surface area contributed by atoms with Crippen molar-refractivity contribution in [3.8, 4) is 0 Å². The zero-order valence-corrected chi connectivity index (χ0v) is 9.94. The molecule has 0 saturated carbocycles. The maximum atomic E-state index is 10.7. The molecule has 2 nitrogen and oxygen atoms in total. The van der Waals surface area contributed by atoms with Crippen molar-refractivity contribution < 1.29 is 4.79 Å². The van der Waals surface area contributed by atoms with E-state index >= 15 is 0 Å². The van der Waals surface area contributed by atoms with Gasteiger partial charge in [0, 0.05) is 24.5 Å². The monoisotopic (exact) mass is 215 g/mol. The Hall–Kier alpha value is -0.0200. The molecule has 0 spiro atoms. The van der Waals surface area contributed by atoms with E-state index in [2.05, 4.69) is 4.90 Å². The summed E-state index contributed by atoms with van der Waals surface area (Å²) in [7, 11) is 0. The molecule has 0 N–H and O–H groups in total. The number of piperidine rings is 1. The largest absolute Gasteiger partial charge is 0.303 e. The Morgan fingerprint density at radius 1 is 1.21 bits per heavy atom. The van der Waals surface area contributed by atoms with Crippen LogP contribution >= 0.6 is 11.8 Å². The van der Waals surface area contributed by atoms with Crippen LogP contribution in [0.4, 0.5) is 0 Å². The Kier molecular flexibility index (Phi) is 6.28. The average Bonchev–Trinajstić information content (AvgIpc) is 2.18. The number of carbonyl (C=O) groups excluding carboxylic acids is 1. The molecule has 0 aromatic heterocycles. The lowest BCUT2D eigenvalue weighted by Gasteiger charge is -2.25. The summed E-state index contributed by atoms with van der Waals surface area (Å²) in [5.74, 6) is 2.51. The lowest BCUT2D eigenvalue weighted by atomic mass is 10.1. The lowest BCUT2D eigenvalue weighted by Crippen LogP contribution is -2.31. The molecule has 0 atom stereocenters. The van der Waals surface area contributed by atoms with Gasteiger partial charge in [0.2, 0.25) is 0 Å². The summed E-state index contributed by atoms with van der Waals surface area (Å²) in [5.41, 5.74) is 0. The van der Waals surface area contributed by atoms with E-state index in [1.54, 1.807) is 6.92 Å². The Bertz CT molecular complexity index is 167. The van der Waals surface area contributed by atoms with Crippen LogP contribution in [0.25, 0.3) is 0 Å². The van der Waals surface area contributed by atoms with Crippen LogP contribution < -0.4 is 0 Å². The second-order valence-corrected chi connectivity index (χ2v) is 5.19. The van der Waals surface area contributed by atoms with E-state index in [0.29, 0.717) is 5.78 Å². The highest BCUT2D eigenvalue weighted by Crippen LogP contribution is 2.10. The van der Waals surface area contributed by atoms with Gasteiger partial charge in [-0.05, 0) is 32.9 Å². The van der Waals surface area contributed by atoms with E-state index in [0.717, 1.165) is 12.2 Å². The van der Waals surface area contributed by atoms with Crippen LogP contribution in [0.1, 0.15) is 32.6 Å². The molecule has 0 aromatic rings. The Labute approximate surface area is 91.4 Å². The van der Waals surface area contributed by atoms with Crippen LogP contribution in [0.5, 0.6) is 0 Å². The first-order valence-electron chi connectivity index (χ1n) is 5.58. The van der Waals surface area contributed by atoms with Crippen LogP contribution in [-0.4, -0.2) is 41.8 Å². The van der Waals surface area contributed by atoms with Crippen molar-refractivity contribution in [3.05, 3.63) is 0 Å². The molecule has 0 aromatic carbocycles. The summed E-state index contributed by atoms with van der Waals surface area (Å²) in [6.07, 6.45) is 4.90. The maximum absolute atomic E-state index is 10.7. The first-order valence-corrected chi connectivity index (χ1v) is 6.74. The fourth-order valence-electron chi connectivity index (χ4n) is 1.69. The maximum Gasteiger partial charge on any atom is 0.130 e. The van der Waals surface area contributed by atoms with Gasteiger partial charge >= 0.3 is 0 Å². The highest BCUT2D eigenvalue weighted by atomic mass is 32.2. The molecule has 1 heterocycles. The zero-order valence-electron chi connectivity index (χ0n) is 9.13. The SMILES string of the molecule is CC(=O)CCSCCN1CCCCC1. The van der Waals surface area contributed by atoms with Gasteiger partial charge in [0.15, 0.2) is 0 Å². The predicted octanol–water partition coefficient (Wildman–Crippen LogP) is 2.18. The lowest BCUT2D eigenvalue weighted by molar-refractivity contribution is -0.116. The summed E-state index contributed by atoms with van der Waals surface area (Å²) in [6.45, 7) is 5.45. The van der Waals surface area contributed by atoms with E-state index in [-0.39, 0.29) is 0 Å². The summed E-state index contributed by atoms with van der Waals surface area (Å²) < 4.78 is 0. The van der Waals surface area contributed by atoms with E-state index in [9.17, 15) is 4.79 Å². The van der Waals surface area contributed by atoms with Gasteiger partial charge in [0.25, 0.3) is 0 Å². The summed E-state index contributed by atoms with van der Waals surface area (Å²) in [4.78, 5) is 13.2. The Morgan fingerprint density at radius 3 is 2.57 bits per heavy atom. The van der Waals surface area contributed by atoms with Crippen LogP contribution in [-0.2, 0) is 4.79 Å². The standard InChI is InChI=1S/C11H21NOS/c1-11(13)5-9-14-10-8-12-6-3-2-4-7-12/h2-10H2,1H3. The van der Waals surface area contributed by atoms with Crippen LogP contribution in [0.2, 0.25) is 0 Å². The van der Waals surface area contributed by atoms with Gasteiger partial charge in [-0.1, -0.05) is 6.42 Å². The van der Waals surface area contributed by atoms with Gasteiger partial charge in [-0.3, -0.25) is 4.79 Å². The molecule has 0 radical (unpaired) electrons. The molecule has 1 aliphatic rings. The van der Waals surface area contributed by atoms with Gasteiger partial charge < -0.3 is 4.90 Å². The number of rotatable bonds is 6. The number of carbonyl (C=O) groups is 1. The fraction of sp³-hybridized carbons (Fsp3) is 0.909. The number of Topliss-reactive ketones (excluding diaryl/α,β-unsaturated/α-hetero) is 1.